The first-order valence-electron chi connectivity index (χ1n) is 9.61. The van der Waals surface area contributed by atoms with Gasteiger partial charge in [0.2, 0.25) is 5.91 Å². The Labute approximate surface area is 170 Å². The fraction of sp³-hybridized carbons (Fsp3) is 0.364. The van der Waals surface area contributed by atoms with Crippen LogP contribution in [-0.2, 0) is 11.2 Å². The summed E-state index contributed by atoms with van der Waals surface area (Å²) < 4.78 is 0. The van der Waals surface area contributed by atoms with Crippen molar-refractivity contribution in [3.8, 4) is 5.75 Å². The van der Waals surface area contributed by atoms with Gasteiger partial charge in [0.1, 0.15) is 5.75 Å². The van der Waals surface area contributed by atoms with Crippen molar-refractivity contribution in [2.45, 2.75) is 25.7 Å². The molecule has 2 amide bonds. The van der Waals surface area contributed by atoms with Crippen molar-refractivity contribution in [2.24, 2.45) is 5.92 Å². The Morgan fingerprint density at radius 3 is 2.32 bits per heavy atom. The van der Waals surface area contributed by atoms with Crippen LogP contribution in [0.5, 0.6) is 5.75 Å². The molecule has 2 aromatic carbocycles. The second-order valence-electron chi connectivity index (χ2n) is 7.22. The molecule has 1 aliphatic rings. The summed E-state index contributed by atoms with van der Waals surface area (Å²) in [6, 6.07) is 13.9. The molecule has 2 N–H and O–H groups in total. The van der Waals surface area contributed by atoms with E-state index < -0.39 is 0 Å². The molecule has 0 unspecified atom stereocenters. The van der Waals surface area contributed by atoms with Gasteiger partial charge in [-0.25, -0.2) is 0 Å². The molecule has 1 heterocycles. The van der Waals surface area contributed by atoms with Crippen LogP contribution in [-0.4, -0.2) is 41.5 Å². The molecule has 0 spiro atoms. The van der Waals surface area contributed by atoms with Crippen LogP contribution in [0.15, 0.2) is 48.5 Å². The predicted molar refractivity (Wildman–Crippen MR) is 110 cm³/mol. The van der Waals surface area contributed by atoms with Gasteiger partial charge in [-0.05, 0) is 73.6 Å². The first-order valence-corrected chi connectivity index (χ1v) is 9.98. The summed E-state index contributed by atoms with van der Waals surface area (Å²) in [6.07, 6.45) is 4.03. The number of hydrogen-bond donors (Lipinski definition) is 2. The number of carbonyl (C=O) groups excluding carboxylic acids is 2. The standard InChI is InChI=1S/C22H25ClN2O3/c23-19-7-5-18(6-8-19)22(28)24-15-21(27)25-13-11-17(12-14-25)2-1-16-3-9-20(26)10-4-16/h3-10,17,26H,1-2,11-15H2,(H,24,28). The average Bonchev–Trinajstić information content (AvgIpc) is 2.72. The number of piperidine rings is 1. The molecule has 6 heteroatoms. The number of hydrogen-bond acceptors (Lipinski definition) is 3. The molecule has 0 atom stereocenters. The van der Waals surface area contributed by atoms with E-state index in [1.54, 1.807) is 36.4 Å². The number of phenols is 1. The Morgan fingerprint density at radius 1 is 1.04 bits per heavy atom. The van der Waals surface area contributed by atoms with E-state index in [0.717, 1.165) is 38.8 Å². The summed E-state index contributed by atoms with van der Waals surface area (Å²) >= 11 is 5.82. The van der Waals surface area contributed by atoms with E-state index in [-0.39, 0.29) is 18.4 Å². The number of benzene rings is 2. The minimum atomic E-state index is -0.270. The molecule has 0 saturated carbocycles. The van der Waals surface area contributed by atoms with Gasteiger partial charge in [0, 0.05) is 23.7 Å². The van der Waals surface area contributed by atoms with E-state index in [9.17, 15) is 14.7 Å². The first kappa shape index (κ1) is 20.2. The van der Waals surface area contributed by atoms with Gasteiger partial charge in [-0.1, -0.05) is 23.7 Å². The highest BCUT2D eigenvalue weighted by molar-refractivity contribution is 6.30. The summed E-state index contributed by atoms with van der Waals surface area (Å²) in [5.41, 5.74) is 1.71. The molecule has 28 heavy (non-hydrogen) atoms. The van der Waals surface area contributed by atoms with Gasteiger partial charge >= 0.3 is 0 Å². The molecular weight excluding hydrogens is 376 g/mol. The van der Waals surface area contributed by atoms with Crippen molar-refractivity contribution in [2.75, 3.05) is 19.6 Å². The van der Waals surface area contributed by atoms with E-state index in [1.807, 2.05) is 17.0 Å². The summed E-state index contributed by atoms with van der Waals surface area (Å²) in [6.45, 7) is 1.48. The number of aryl methyl sites for hydroxylation is 1. The third kappa shape index (κ3) is 5.73. The van der Waals surface area contributed by atoms with E-state index >= 15 is 0 Å². The molecule has 0 bridgehead atoms. The zero-order chi connectivity index (χ0) is 19.9. The van der Waals surface area contributed by atoms with Gasteiger partial charge < -0.3 is 15.3 Å². The third-order valence-electron chi connectivity index (χ3n) is 5.25. The second kappa shape index (κ2) is 9.60. The lowest BCUT2D eigenvalue weighted by Gasteiger charge is -2.32. The van der Waals surface area contributed by atoms with Gasteiger partial charge in [0.05, 0.1) is 6.54 Å². The van der Waals surface area contributed by atoms with Crippen molar-refractivity contribution in [1.82, 2.24) is 10.2 Å². The van der Waals surface area contributed by atoms with Crippen LogP contribution in [0.4, 0.5) is 0 Å². The van der Waals surface area contributed by atoms with Crippen molar-refractivity contribution in [3.05, 3.63) is 64.7 Å². The number of nitrogens with zero attached hydrogens (tertiary/aromatic N) is 1. The fourth-order valence-corrected chi connectivity index (χ4v) is 3.60. The highest BCUT2D eigenvalue weighted by Gasteiger charge is 2.23. The number of rotatable bonds is 6. The van der Waals surface area contributed by atoms with E-state index in [4.69, 9.17) is 11.6 Å². The average molecular weight is 401 g/mol. The highest BCUT2D eigenvalue weighted by Crippen LogP contribution is 2.23. The zero-order valence-corrected chi connectivity index (χ0v) is 16.5. The lowest BCUT2D eigenvalue weighted by molar-refractivity contribution is -0.131. The number of aromatic hydroxyl groups is 1. The lowest BCUT2D eigenvalue weighted by Crippen LogP contribution is -2.44. The van der Waals surface area contributed by atoms with Crippen LogP contribution in [0.3, 0.4) is 0 Å². The Hall–Kier alpha value is -2.53. The molecule has 1 aliphatic heterocycles. The van der Waals surface area contributed by atoms with Crippen molar-refractivity contribution in [1.29, 1.82) is 0 Å². The Morgan fingerprint density at radius 2 is 1.68 bits per heavy atom. The van der Waals surface area contributed by atoms with Gasteiger partial charge in [-0.15, -0.1) is 0 Å². The minimum Gasteiger partial charge on any atom is -0.508 e. The molecule has 2 aromatic rings. The van der Waals surface area contributed by atoms with Crippen LogP contribution in [0, 0.1) is 5.92 Å². The predicted octanol–water partition coefficient (Wildman–Crippen LogP) is 3.65. The summed E-state index contributed by atoms with van der Waals surface area (Å²) in [5, 5.41) is 12.6. The highest BCUT2D eigenvalue weighted by atomic mass is 35.5. The summed E-state index contributed by atoms with van der Waals surface area (Å²) in [7, 11) is 0. The molecule has 5 nitrogen and oxygen atoms in total. The van der Waals surface area contributed by atoms with Crippen molar-refractivity contribution < 1.29 is 14.7 Å². The first-order chi connectivity index (χ1) is 13.5. The fourth-order valence-electron chi connectivity index (χ4n) is 3.48. The van der Waals surface area contributed by atoms with Crippen LogP contribution in [0.1, 0.15) is 35.2 Å². The van der Waals surface area contributed by atoms with Crippen LogP contribution >= 0.6 is 11.6 Å². The normalized spacial score (nSPS) is 14.7. The second-order valence-corrected chi connectivity index (χ2v) is 7.66. The molecule has 0 aliphatic carbocycles. The van der Waals surface area contributed by atoms with Crippen molar-refractivity contribution >= 4 is 23.4 Å². The Bertz CT molecular complexity index is 798. The maximum Gasteiger partial charge on any atom is 0.251 e. The topological polar surface area (TPSA) is 69.6 Å². The van der Waals surface area contributed by atoms with Crippen LogP contribution < -0.4 is 5.32 Å². The quantitative estimate of drug-likeness (QED) is 0.777. The molecule has 1 saturated heterocycles. The number of phenolic OH excluding ortho intramolecular Hbond substituents is 1. The van der Waals surface area contributed by atoms with Crippen LogP contribution in [0.2, 0.25) is 5.02 Å². The number of amides is 2. The molecular formula is C22H25ClN2O3. The largest absolute Gasteiger partial charge is 0.508 e. The van der Waals surface area contributed by atoms with Crippen LogP contribution in [0.25, 0.3) is 0 Å². The third-order valence-corrected chi connectivity index (χ3v) is 5.50. The van der Waals surface area contributed by atoms with E-state index in [1.165, 1.54) is 5.56 Å². The smallest absolute Gasteiger partial charge is 0.251 e. The van der Waals surface area contributed by atoms with Gasteiger partial charge in [0.25, 0.3) is 5.91 Å². The van der Waals surface area contributed by atoms with Gasteiger partial charge in [0.15, 0.2) is 0 Å². The Balaban J connectivity index is 1.38. The van der Waals surface area contributed by atoms with E-state index in [2.05, 4.69) is 5.32 Å². The summed E-state index contributed by atoms with van der Waals surface area (Å²) in [5.74, 6) is 0.577. The monoisotopic (exact) mass is 400 g/mol. The Kier molecular flexibility index (Phi) is 6.93. The molecule has 1 fully saturated rings. The van der Waals surface area contributed by atoms with Gasteiger partial charge in [-0.3, -0.25) is 9.59 Å². The van der Waals surface area contributed by atoms with E-state index in [0.29, 0.717) is 22.3 Å². The maximum atomic E-state index is 12.4. The maximum absolute atomic E-state index is 12.4. The molecule has 3 rings (SSSR count). The number of carbonyl (C=O) groups is 2. The number of halogens is 1. The molecule has 0 radical (unpaired) electrons. The number of nitrogens with one attached hydrogen (secondary N) is 1. The molecule has 0 aromatic heterocycles. The summed E-state index contributed by atoms with van der Waals surface area (Å²) in [4.78, 5) is 26.3. The van der Waals surface area contributed by atoms with Gasteiger partial charge in [-0.2, -0.15) is 0 Å². The minimum absolute atomic E-state index is 0.0135. The SMILES string of the molecule is O=C(NCC(=O)N1CCC(CCc2ccc(O)cc2)CC1)c1ccc(Cl)cc1. The zero-order valence-electron chi connectivity index (χ0n) is 15.7. The molecule has 148 valence electrons. The van der Waals surface area contributed by atoms with Crippen molar-refractivity contribution in [3.63, 3.8) is 0 Å². The lowest BCUT2D eigenvalue weighted by atomic mass is 9.90. The number of likely N-dealkylation sites (tertiary alicyclic amines) is 1.